The van der Waals surface area contributed by atoms with Crippen LogP contribution in [0.1, 0.15) is 35.6 Å². The van der Waals surface area contributed by atoms with Gasteiger partial charge in [-0.15, -0.1) is 0 Å². The molecular formula is C40H54F3N3O17. The van der Waals surface area contributed by atoms with Gasteiger partial charge in [-0.05, 0) is 36.6 Å². The van der Waals surface area contributed by atoms with Gasteiger partial charge in [-0.3, -0.25) is 0 Å². The van der Waals surface area contributed by atoms with Crippen LogP contribution in [-0.4, -0.2) is 187 Å². The predicted molar refractivity (Wildman–Crippen MR) is 210 cm³/mol. The first-order chi connectivity index (χ1) is 29.8. The van der Waals surface area contributed by atoms with E-state index in [4.69, 9.17) is 23.9 Å². The van der Waals surface area contributed by atoms with E-state index >= 15 is 0 Å². The van der Waals surface area contributed by atoms with Crippen molar-refractivity contribution in [1.82, 2.24) is 5.32 Å². The van der Waals surface area contributed by atoms with Crippen LogP contribution in [0.4, 0.5) is 13.2 Å². The molecular weight excluding hydrogens is 851 g/mol. The van der Waals surface area contributed by atoms with Crippen molar-refractivity contribution < 1.29 is 98.0 Å². The van der Waals surface area contributed by atoms with E-state index in [1.165, 1.54) is 39.4 Å². The average molecular weight is 906 g/mol. The summed E-state index contributed by atoms with van der Waals surface area (Å²) in [5.41, 5.74) is 0.781. The van der Waals surface area contributed by atoms with Crippen LogP contribution in [-0.2, 0) is 41.5 Å². The van der Waals surface area contributed by atoms with Crippen LogP contribution >= 0.6 is 0 Å². The molecule has 2 aliphatic carbocycles. The van der Waals surface area contributed by atoms with Gasteiger partial charge in [-0.1, -0.05) is 52.8 Å². The van der Waals surface area contributed by atoms with Gasteiger partial charge >= 0.3 is 12.1 Å². The van der Waals surface area contributed by atoms with E-state index in [9.17, 15) is 74.1 Å². The summed E-state index contributed by atoms with van der Waals surface area (Å²) in [7, 11) is 2.51. The molecule has 2 aromatic rings. The fourth-order valence-corrected chi connectivity index (χ4v) is 7.20. The standard InChI is InChI=1S/C20H19F3N2O4.C20H35NO13/c1-13(14-8-6-9-16(11-14)20(21,22)23)24-29-12-15-7-4-5-10-17(15)18(25-28-3)19(26)27-2;22-3-6-1-8(12(26)15(29)11(6)25)21-9-2-7(4-23)19(17(31)13(9)27)34-20-18(32)16(30)14(28)10(5-24)33-20/h4-11H,12H2,1-3H3;1,7-32H,2-5H2/b24-13+,25-18+;/t;7-,8+,9+,10-,11+,12+,13+,14-,15+,16+,17-,18-,19-,20+/m.1/s1. The van der Waals surface area contributed by atoms with Gasteiger partial charge in [-0.25, -0.2) is 4.79 Å². The van der Waals surface area contributed by atoms with E-state index in [1.54, 1.807) is 24.3 Å². The van der Waals surface area contributed by atoms with Gasteiger partial charge < -0.3 is 85.4 Å². The maximum absolute atomic E-state index is 12.9. The second-order valence-corrected chi connectivity index (χ2v) is 14.9. The van der Waals surface area contributed by atoms with Gasteiger partial charge in [-0.2, -0.15) is 13.2 Å². The van der Waals surface area contributed by atoms with E-state index in [1.807, 2.05) is 0 Å². The average Bonchev–Trinajstić information content (AvgIpc) is 3.27. The fourth-order valence-electron chi connectivity index (χ4n) is 7.20. The normalized spacial score (nSPS) is 32.8. The minimum atomic E-state index is -4.44. The Morgan fingerprint density at radius 2 is 1.54 bits per heavy atom. The van der Waals surface area contributed by atoms with E-state index in [0.717, 1.165) is 12.1 Å². The van der Waals surface area contributed by atoms with E-state index < -0.39 is 123 Å². The smallest absolute Gasteiger partial charge is 0.416 e. The molecule has 0 spiro atoms. The number of ether oxygens (including phenoxy) is 3. The zero-order valence-electron chi connectivity index (χ0n) is 34.2. The van der Waals surface area contributed by atoms with Crippen LogP contribution < -0.4 is 5.32 Å². The SMILES string of the molecule is CO/N=C(/C(=O)OC)c1ccccc1CO/N=C(\C)c1cccc(C(F)(F)F)c1.OCC1=C[C@H](N[C@H]2C[C@H](CO)[C@@H](O[C@@H]3O[C@H](CO)[C@@H](O)[C@H](O)[C@H]3O)[C@H](O)[C@H]2O)[C@H](O)[C@@H](O)[C@H]1O. The minimum Gasteiger partial charge on any atom is -0.464 e. The third-order valence-corrected chi connectivity index (χ3v) is 10.8. The van der Waals surface area contributed by atoms with Crippen molar-refractivity contribution in [2.75, 3.05) is 34.0 Å². The Hall–Kier alpha value is -4.18. The lowest BCUT2D eigenvalue weighted by Crippen LogP contribution is -2.66. The van der Waals surface area contributed by atoms with Crippen LogP contribution in [0.5, 0.6) is 0 Å². The number of oxime groups is 2. The van der Waals surface area contributed by atoms with Gasteiger partial charge in [0.2, 0.25) is 0 Å². The number of carbonyl (C=O) groups excluding carboxylic acids is 1. The number of aliphatic hydroxyl groups excluding tert-OH is 11. The molecule has 63 heavy (non-hydrogen) atoms. The van der Waals surface area contributed by atoms with Gasteiger partial charge in [0.1, 0.15) is 62.5 Å². The quantitative estimate of drug-likeness (QED) is 0.0401. The number of nitrogens with one attached hydrogen (secondary N) is 1. The van der Waals surface area contributed by atoms with Crippen molar-refractivity contribution in [1.29, 1.82) is 0 Å². The van der Waals surface area contributed by atoms with E-state index in [-0.39, 0.29) is 35.6 Å². The lowest BCUT2D eigenvalue weighted by Gasteiger charge is -2.47. The van der Waals surface area contributed by atoms with E-state index in [0.29, 0.717) is 11.1 Å². The van der Waals surface area contributed by atoms with Crippen molar-refractivity contribution in [3.63, 3.8) is 0 Å². The van der Waals surface area contributed by atoms with Crippen LogP contribution in [0.2, 0.25) is 0 Å². The maximum Gasteiger partial charge on any atom is 0.416 e. The number of benzene rings is 2. The van der Waals surface area contributed by atoms with Crippen molar-refractivity contribution in [3.05, 3.63) is 82.4 Å². The highest BCUT2D eigenvalue weighted by molar-refractivity contribution is 6.43. The molecule has 0 bridgehead atoms. The molecule has 0 radical (unpaired) electrons. The maximum atomic E-state index is 12.9. The molecule has 12 N–H and O–H groups in total. The first kappa shape index (κ1) is 51.5. The highest BCUT2D eigenvalue weighted by Gasteiger charge is 2.50. The number of carbonyl (C=O) groups is 1. The number of alkyl halides is 3. The molecule has 1 aliphatic heterocycles. The van der Waals surface area contributed by atoms with E-state index in [2.05, 4.69) is 15.6 Å². The molecule has 0 unspecified atom stereocenters. The molecule has 14 atom stereocenters. The van der Waals surface area contributed by atoms with Gasteiger partial charge in [0.05, 0.1) is 49.8 Å². The minimum absolute atomic E-state index is 0.0129. The Balaban J connectivity index is 0.000000280. The van der Waals surface area contributed by atoms with Crippen molar-refractivity contribution >= 4 is 17.4 Å². The molecule has 2 fully saturated rings. The molecule has 352 valence electrons. The number of nitrogens with zero attached hydrogens (tertiary/aromatic N) is 2. The number of methoxy groups -OCH3 is 1. The Morgan fingerprint density at radius 3 is 2.16 bits per heavy atom. The van der Waals surface area contributed by atoms with Crippen molar-refractivity contribution in [3.8, 4) is 0 Å². The molecule has 1 heterocycles. The monoisotopic (exact) mass is 905 g/mol. The molecule has 5 rings (SSSR count). The summed E-state index contributed by atoms with van der Waals surface area (Å²) in [6, 6.07) is 9.61. The van der Waals surface area contributed by atoms with Gasteiger partial charge in [0.15, 0.2) is 12.0 Å². The highest BCUT2D eigenvalue weighted by atomic mass is 19.4. The number of rotatable bonds is 14. The summed E-state index contributed by atoms with van der Waals surface area (Å²) in [5.74, 6) is -1.52. The summed E-state index contributed by atoms with van der Waals surface area (Å²) in [6.45, 7) is -0.312. The Bertz CT molecular complexity index is 1890. The third-order valence-electron chi connectivity index (χ3n) is 10.8. The van der Waals surface area contributed by atoms with Crippen LogP contribution in [0.15, 0.2) is 70.5 Å². The highest BCUT2D eigenvalue weighted by Crippen LogP contribution is 2.34. The zero-order chi connectivity index (χ0) is 46.8. The summed E-state index contributed by atoms with van der Waals surface area (Å²) in [4.78, 5) is 21.9. The fraction of sp³-hybridized carbons (Fsp3) is 0.575. The third kappa shape index (κ3) is 12.5. The number of halogens is 3. The molecule has 20 nitrogen and oxygen atoms in total. The molecule has 0 aromatic heterocycles. The second kappa shape index (κ2) is 23.1. The summed E-state index contributed by atoms with van der Waals surface area (Å²) in [5, 5.41) is 121. The van der Waals surface area contributed by atoms with Crippen LogP contribution in [0, 0.1) is 5.92 Å². The molecule has 3 aliphatic rings. The molecule has 1 saturated carbocycles. The lowest BCUT2D eigenvalue weighted by atomic mass is 9.78. The molecule has 1 saturated heterocycles. The first-order valence-corrected chi connectivity index (χ1v) is 19.5. The Kier molecular flexibility index (Phi) is 18.9. The molecule has 0 amide bonds. The number of aliphatic hydroxyl groups is 11. The first-order valence-electron chi connectivity index (χ1n) is 19.5. The summed E-state index contributed by atoms with van der Waals surface area (Å²) < 4.78 is 54.1. The summed E-state index contributed by atoms with van der Waals surface area (Å²) in [6.07, 6.45) is -20.1. The Morgan fingerprint density at radius 1 is 0.841 bits per heavy atom. The zero-order valence-corrected chi connectivity index (χ0v) is 34.2. The molecule has 23 heteroatoms. The number of esters is 1. The van der Waals surface area contributed by atoms with Gasteiger partial charge in [0, 0.05) is 29.7 Å². The summed E-state index contributed by atoms with van der Waals surface area (Å²) >= 11 is 0. The Labute approximate surface area is 358 Å². The lowest BCUT2D eigenvalue weighted by molar-refractivity contribution is -0.328. The number of hydrogen-bond donors (Lipinski definition) is 12. The number of hydrogen-bond acceptors (Lipinski definition) is 20. The largest absolute Gasteiger partial charge is 0.464 e. The molecule has 2 aromatic carbocycles. The van der Waals surface area contributed by atoms with Crippen LogP contribution in [0.25, 0.3) is 0 Å². The van der Waals surface area contributed by atoms with Gasteiger partial charge in [0.25, 0.3) is 0 Å². The second-order valence-electron chi connectivity index (χ2n) is 14.9. The predicted octanol–water partition coefficient (Wildman–Crippen LogP) is -2.58. The van der Waals surface area contributed by atoms with Crippen molar-refractivity contribution in [2.45, 2.75) is 106 Å². The topological polar surface area (TPSA) is 322 Å². The van der Waals surface area contributed by atoms with Crippen LogP contribution in [0.3, 0.4) is 0 Å². The van der Waals surface area contributed by atoms with Crippen molar-refractivity contribution in [2.24, 2.45) is 16.2 Å².